The maximum Gasteiger partial charge on any atom is 0.0863 e. The Morgan fingerprint density at radius 1 is 0.560 bits per heavy atom. The summed E-state index contributed by atoms with van der Waals surface area (Å²) in [5.41, 5.74) is 2.86. The summed E-state index contributed by atoms with van der Waals surface area (Å²) in [6.45, 7) is 0. The molecule has 4 rings (SSSR count). The molecule has 0 aromatic heterocycles. The fourth-order valence-electron chi connectivity index (χ4n) is 2.92. The molecule has 3 heteroatoms. The van der Waals surface area contributed by atoms with E-state index in [0.29, 0.717) is 0 Å². The highest BCUT2D eigenvalue weighted by Crippen LogP contribution is 2.27. The van der Waals surface area contributed by atoms with Crippen LogP contribution in [-0.4, -0.2) is 14.1 Å². The minimum Gasteiger partial charge on any atom is -0.378 e. The molecule has 4 aromatic carbocycles. The average molecular weight is 325 g/mol. The second-order valence-electron chi connectivity index (χ2n) is 6.34. The van der Waals surface area contributed by atoms with E-state index >= 15 is 0 Å². The lowest BCUT2D eigenvalue weighted by Crippen LogP contribution is -2.07. The van der Waals surface area contributed by atoms with Gasteiger partial charge in [-0.05, 0) is 70.1 Å². The highest BCUT2D eigenvalue weighted by molar-refractivity contribution is 5.99. The molecule has 25 heavy (non-hydrogen) atoms. The lowest BCUT2D eigenvalue weighted by atomic mass is 10.0. The first-order valence-electron chi connectivity index (χ1n) is 8.31. The number of anilines is 1. The largest absolute Gasteiger partial charge is 0.378 e. The molecular weight excluding hydrogens is 306 g/mol. The highest BCUT2D eigenvalue weighted by Gasteiger charge is 2.00. The van der Waals surface area contributed by atoms with Crippen molar-refractivity contribution in [3.05, 3.63) is 78.9 Å². The molecule has 0 aliphatic rings. The predicted octanol–water partition coefficient (Wildman–Crippen LogP) is 6.47. The first kappa shape index (κ1) is 15.3. The van der Waals surface area contributed by atoms with Crippen molar-refractivity contribution in [1.29, 1.82) is 0 Å². The van der Waals surface area contributed by atoms with Gasteiger partial charge in [0.05, 0.1) is 11.4 Å². The normalized spacial score (nSPS) is 11.4. The molecule has 0 N–H and O–H groups in total. The van der Waals surface area contributed by atoms with E-state index in [0.717, 1.165) is 17.1 Å². The Bertz CT molecular complexity index is 1060. The third-order valence-corrected chi connectivity index (χ3v) is 4.34. The number of nitrogens with zero attached hydrogens (tertiary/aromatic N) is 3. The highest BCUT2D eigenvalue weighted by atomic mass is 15.1. The summed E-state index contributed by atoms with van der Waals surface area (Å²) in [6, 6.07) is 27.1. The van der Waals surface area contributed by atoms with E-state index in [1.807, 2.05) is 44.4 Å². The van der Waals surface area contributed by atoms with E-state index in [1.54, 1.807) is 0 Å². The van der Waals surface area contributed by atoms with Crippen LogP contribution in [0, 0.1) is 0 Å². The number of fused-ring (bicyclic) bond motifs is 2. The van der Waals surface area contributed by atoms with Gasteiger partial charge < -0.3 is 4.90 Å². The molecule has 0 saturated carbocycles. The van der Waals surface area contributed by atoms with Crippen molar-refractivity contribution in [2.24, 2.45) is 10.2 Å². The molecule has 3 nitrogen and oxygen atoms in total. The minimum absolute atomic E-state index is 0.851. The molecule has 0 bridgehead atoms. The van der Waals surface area contributed by atoms with E-state index in [4.69, 9.17) is 0 Å². The van der Waals surface area contributed by atoms with Gasteiger partial charge in [0.1, 0.15) is 0 Å². The van der Waals surface area contributed by atoms with Crippen LogP contribution < -0.4 is 4.90 Å². The van der Waals surface area contributed by atoms with E-state index in [1.165, 1.54) is 21.5 Å². The maximum atomic E-state index is 4.39. The van der Waals surface area contributed by atoms with Crippen molar-refractivity contribution in [2.75, 3.05) is 19.0 Å². The monoisotopic (exact) mass is 325 g/mol. The molecule has 0 heterocycles. The van der Waals surface area contributed by atoms with Crippen LogP contribution in [0.4, 0.5) is 17.1 Å². The number of hydrogen-bond acceptors (Lipinski definition) is 3. The number of hydrogen-bond donors (Lipinski definition) is 0. The third kappa shape index (κ3) is 3.22. The van der Waals surface area contributed by atoms with Crippen LogP contribution in [0.1, 0.15) is 0 Å². The summed E-state index contributed by atoms with van der Waals surface area (Å²) in [5, 5.41) is 13.6. The number of azo groups is 1. The van der Waals surface area contributed by atoms with Gasteiger partial charge in [-0.15, -0.1) is 0 Å². The summed E-state index contributed by atoms with van der Waals surface area (Å²) in [7, 11) is 4.05. The predicted molar refractivity (Wildman–Crippen MR) is 106 cm³/mol. The molecule has 0 amide bonds. The van der Waals surface area contributed by atoms with Gasteiger partial charge >= 0.3 is 0 Å². The van der Waals surface area contributed by atoms with Crippen molar-refractivity contribution in [2.45, 2.75) is 0 Å². The quantitative estimate of drug-likeness (QED) is 0.313. The van der Waals surface area contributed by atoms with Crippen LogP contribution in [0.3, 0.4) is 0 Å². The lowest BCUT2D eigenvalue weighted by molar-refractivity contribution is 1.13. The Balaban J connectivity index is 1.65. The Kier molecular flexibility index (Phi) is 3.90. The van der Waals surface area contributed by atoms with Gasteiger partial charge in [-0.25, -0.2) is 0 Å². The average Bonchev–Trinajstić information content (AvgIpc) is 2.65. The summed E-state index contributed by atoms with van der Waals surface area (Å²) in [6.07, 6.45) is 0. The molecule has 122 valence electrons. The van der Waals surface area contributed by atoms with Crippen LogP contribution in [0.25, 0.3) is 21.5 Å². The topological polar surface area (TPSA) is 28.0 Å². The molecule has 0 unspecified atom stereocenters. The zero-order valence-electron chi connectivity index (χ0n) is 14.3. The number of rotatable bonds is 3. The molecule has 0 atom stereocenters. The Labute approximate surface area is 147 Å². The second-order valence-corrected chi connectivity index (χ2v) is 6.34. The minimum atomic E-state index is 0.851. The third-order valence-electron chi connectivity index (χ3n) is 4.34. The number of benzene rings is 4. The molecule has 0 radical (unpaired) electrons. The van der Waals surface area contributed by atoms with Gasteiger partial charge in [-0.3, -0.25) is 0 Å². The summed E-state index contributed by atoms with van der Waals surface area (Å²) in [4.78, 5) is 2.06. The molecule has 0 spiro atoms. The molecule has 0 aliphatic carbocycles. The van der Waals surface area contributed by atoms with Crippen LogP contribution in [-0.2, 0) is 0 Å². The Morgan fingerprint density at radius 3 is 1.80 bits per heavy atom. The van der Waals surface area contributed by atoms with Gasteiger partial charge in [-0.1, -0.05) is 30.3 Å². The van der Waals surface area contributed by atoms with E-state index < -0.39 is 0 Å². The van der Waals surface area contributed by atoms with Crippen LogP contribution >= 0.6 is 0 Å². The Morgan fingerprint density at radius 2 is 1.12 bits per heavy atom. The Hall–Kier alpha value is -3.20. The first-order chi connectivity index (χ1) is 12.2. The van der Waals surface area contributed by atoms with Crippen molar-refractivity contribution < 1.29 is 0 Å². The zero-order chi connectivity index (χ0) is 17.2. The van der Waals surface area contributed by atoms with Crippen LogP contribution in [0.15, 0.2) is 89.1 Å². The van der Waals surface area contributed by atoms with Crippen LogP contribution in [0.5, 0.6) is 0 Å². The van der Waals surface area contributed by atoms with Gasteiger partial charge in [-0.2, -0.15) is 10.2 Å². The second kappa shape index (κ2) is 6.36. The van der Waals surface area contributed by atoms with Gasteiger partial charge in [0.25, 0.3) is 0 Å². The van der Waals surface area contributed by atoms with Crippen molar-refractivity contribution in [3.63, 3.8) is 0 Å². The molecule has 0 aliphatic heterocycles. The van der Waals surface area contributed by atoms with E-state index in [2.05, 4.69) is 63.7 Å². The standard InChI is InChI=1S/C22H19N3/c1-25(2)22-11-9-20(10-12-22)23-24-21-8-7-18-13-16-5-3-4-6-17(16)14-19(18)15-21/h3-15H,1-2H3. The fourth-order valence-corrected chi connectivity index (χ4v) is 2.92. The van der Waals surface area contributed by atoms with Crippen molar-refractivity contribution in [3.8, 4) is 0 Å². The molecular formula is C22H19N3. The lowest BCUT2D eigenvalue weighted by Gasteiger charge is -2.11. The molecule has 4 aromatic rings. The summed E-state index contributed by atoms with van der Waals surface area (Å²) >= 11 is 0. The van der Waals surface area contributed by atoms with Gasteiger partial charge in [0.15, 0.2) is 0 Å². The van der Waals surface area contributed by atoms with E-state index in [-0.39, 0.29) is 0 Å². The summed E-state index contributed by atoms with van der Waals surface area (Å²) < 4.78 is 0. The zero-order valence-corrected chi connectivity index (χ0v) is 14.3. The first-order valence-corrected chi connectivity index (χ1v) is 8.31. The van der Waals surface area contributed by atoms with Crippen molar-refractivity contribution >= 4 is 38.6 Å². The van der Waals surface area contributed by atoms with Crippen molar-refractivity contribution in [1.82, 2.24) is 0 Å². The molecule has 0 fully saturated rings. The fraction of sp³-hybridized carbons (Fsp3) is 0.0909. The van der Waals surface area contributed by atoms with Gasteiger partial charge in [0, 0.05) is 19.8 Å². The molecule has 0 saturated heterocycles. The van der Waals surface area contributed by atoms with E-state index in [9.17, 15) is 0 Å². The smallest absolute Gasteiger partial charge is 0.0863 e. The maximum absolute atomic E-state index is 4.39. The summed E-state index contributed by atoms with van der Waals surface area (Å²) in [5.74, 6) is 0. The van der Waals surface area contributed by atoms with Gasteiger partial charge in [0.2, 0.25) is 0 Å². The SMILES string of the molecule is CN(C)c1ccc(N=Nc2ccc3cc4ccccc4cc3c2)cc1. The van der Waals surface area contributed by atoms with Crippen LogP contribution in [0.2, 0.25) is 0 Å².